The Morgan fingerprint density at radius 1 is 1.32 bits per heavy atom. The number of rotatable bonds is 6. The van der Waals surface area contributed by atoms with Crippen LogP contribution in [0.4, 0.5) is 0 Å². The molecule has 0 heterocycles. The molecule has 0 radical (unpaired) electrons. The third kappa shape index (κ3) is 2.96. The molecule has 19 heavy (non-hydrogen) atoms. The van der Waals surface area contributed by atoms with E-state index < -0.39 is 0 Å². The summed E-state index contributed by atoms with van der Waals surface area (Å²) < 4.78 is 0. The maximum Gasteiger partial charge on any atom is 0.223 e. The van der Waals surface area contributed by atoms with E-state index in [1.165, 1.54) is 19.3 Å². The summed E-state index contributed by atoms with van der Waals surface area (Å²) in [5.74, 6) is 2.30. The smallest absolute Gasteiger partial charge is 0.223 e. The van der Waals surface area contributed by atoms with E-state index in [2.05, 4.69) is 26.1 Å². The van der Waals surface area contributed by atoms with Gasteiger partial charge < -0.3 is 10.4 Å². The Kier molecular flexibility index (Phi) is 4.88. The number of aliphatic hydroxyl groups is 1. The fourth-order valence-corrected chi connectivity index (χ4v) is 4.25. The van der Waals surface area contributed by atoms with Crippen molar-refractivity contribution in [2.75, 3.05) is 6.61 Å². The van der Waals surface area contributed by atoms with Gasteiger partial charge in [0.05, 0.1) is 0 Å². The van der Waals surface area contributed by atoms with Crippen LogP contribution in [0.1, 0.15) is 52.9 Å². The molecule has 3 nitrogen and oxygen atoms in total. The minimum atomic E-state index is 0.128. The molecule has 1 amide bonds. The van der Waals surface area contributed by atoms with Crippen LogP contribution in [0, 0.1) is 29.6 Å². The van der Waals surface area contributed by atoms with E-state index in [1.807, 2.05) is 0 Å². The minimum absolute atomic E-state index is 0.128. The second kappa shape index (κ2) is 6.25. The average Bonchev–Trinajstić information content (AvgIpc) is 2.95. The Balaban J connectivity index is 1.97. The number of nitrogens with one attached hydrogen (secondary N) is 1. The molecule has 0 aromatic carbocycles. The molecule has 2 fully saturated rings. The third-order valence-electron chi connectivity index (χ3n) is 5.35. The third-order valence-corrected chi connectivity index (χ3v) is 5.35. The van der Waals surface area contributed by atoms with Crippen LogP contribution in [0.25, 0.3) is 0 Å². The summed E-state index contributed by atoms with van der Waals surface area (Å²) in [6, 6.07) is 0.231. The highest BCUT2D eigenvalue weighted by atomic mass is 16.3. The minimum Gasteiger partial charge on any atom is -0.396 e. The van der Waals surface area contributed by atoms with Gasteiger partial charge in [0.25, 0.3) is 0 Å². The Hall–Kier alpha value is -0.570. The van der Waals surface area contributed by atoms with E-state index in [-0.39, 0.29) is 24.5 Å². The van der Waals surface area contributed by atoms with Gasteiger partial charge in [-0.05, 0) is 43.4 Å². The van der Waals surface area contributed by atoms with Crippen molar-refractivity contribution in [2.24, 2.45) is 29.6 Å². The molecular formula is C16H29NO2. The predicted molar refractivity (Wildman–Crippen MR) is 76.6 cm³/mol. The number of aliphatic hydroxyl groups excluding tert-OH is 1. The van der Waals surface area contributed by atoms with Gasteiger partial charge >= 0.3 is 0 Å². The number of carbonyl (C=O) groups is 1. The highest BCUT2D eigenvalue weighted by Crippen LogP contribution is 2.48. The molecular weight excluding hydrogens is 238 g/mol. The molecule has 0 aromatic heterocycles. The normalized spacial score (nSPS) is 34.8. The molecule has 2 aliphatic rings. The van der Waals surface area contributed by atoms with Crippen LogP contribution in [0.15, 0.2) is 0 Å². The van der Waals surface area contributed by atoms with Gasteiger partial charge in [-0.15, -0.1) is 0 Å². The van der Waals surface area contributed by atoms with Gasteiger partial charge in [0.2, 0.25) is 5.91 Å². The molecule has 2 N–H and O–H groups in total. The summed E-state index contributed by atoms with van der Waals surface area (Å²) in [5, 5.41) is 12.8. The summed E-state index contributed by atoms with van der Waals surface area (Å²) in [5.41, 5.74) is 0. The van der Waals surface area contributed by atoms with Crippen LogP contribution in [0.5, 0.6) is 0 Å². The first kappa shape index (κ1) is 14.8. The van der Waals surface area contributed by atoms with Gasteiger partial charge in [-0.1, -0.05) is 27.2 Å². The second-order valence-electron chi connectivity index (χ2n) is 6.85. The van der Waals surface area contributed by atoms with E-state index in [1.54, 1.807) is 0 Å². The topological polar surface area (TPSA) is 49.3 Å². The average molecular weight is 267 g/mol. The summed E-state index contributed by atoms with van der Waals surface area (Å²) in [7, 11) is 0. The van der Waals surface area contributed by atoms with Gasteiger partial charge in [-0.3, -0.25) is 4.79 Å². The SMILES string of the molecule is CCCC(C(=O)NC1C2CCC(C2)C1CO)C(C)C. The van der Waals surface area contributed by atoms with Gasteiger partial charge in [0, 0.05) is 24.5 Å². The molecule has 0 saturated heterocycles. The quantitative estimate of drug-likeness (QED) is 0.777. The molecule has 5 atom stereocenters. The van der Waals surface area contributed by atoms with Gasteiger partial charge in [0.15, 0.2) is 0 Å². The van der Waals surface area contributed by atoms with Crippen LogP contribution >= 0.6 is 0 Å². The van der Waals surface area contributed by atoms with E-state index in [0.29, 0.717) is 23.7 Å². The molecule has 110 valence electrons. The molecule has 2 saturated carbocycles. The first-order valence-electron chi connectivity index (χ1n) is 7.99. The zero-order valence-electron chi connectivity index (χ0n) is 12.6. The van der Waals surface area contributed by atoms with E-state index >= 15 is 0 Å². The maximum absolute atomic E-state index is 12.5. The van der Waals surface area contributed by atoms with Crippen LogP contribution in [0.3, 0.4) is 0 Å². The number of hydrogen-bond acceptors (Lipinski definition) is 2. The van der Waals surface area contributed by atoms with Crippen molar-refractivity contribution >= 4 is 5.91 Å². The highest BCUT2D eigenvalue weighted by molar-refractivity contribution is 5.79. The summed E-state index contributed by atoms with van der Waals surface area (Å²) in [6.45, 7) is 6.62. The molecule has 2 aliphatic carbocycles. The largest absolute Gasteiger partial charge is 0.396 e. The molecule has 0 spiro atoms. The lowest BCUT2D eigenvalue weighted by Crippen LogP contribution is -2.48. The molecule has 2 bridgehead atoms. The van der Waals surface area contributed by atoms with Crippen LogP contribution in [0.2, 0.25) is 0 Å². The van der Waals surface area contributed by atoms with Crippen LogP contribution in [-0.4, -0.2) is 23.7 Å². The van der Waals surface area contributed by atoms with Gasteiger partial charge in [-0.25, -0.2) is 0 Å². The second-order valence-corrected chi connectivity index (χ2v) is 6.85. The summed E-state index contributed by atoms with van der Waals surface area (Å²) in [6.07, 6.45) is 5.69. The Bertz CT molecular complexity index is 316. The molecule has 3 heteroatoms. The standard InChI is InChI=1S/C16H29NO2/c1-4-5-13(10(2)3)16(19)17-15-12-7-6-11(8-12)14(15)9-18/h10-15,18H,4-9H2,1-3H3,(H,17,19). The number of carbonyl (C=O) groups excluding carboxylic acids is 1. The Morgan fingerprint density at radius 3 is 2.58 bits per heavy atom. The lowest BCUT2D eigenvalue weighted by molar-refractivity contribution is -0.128. The van der Waals surface area contributed by atoms with Crippen molar-refractivity contribution in [2.45, 2.75) is 58.9 Å². The van der Waals surface area contributed by atoms with E-state index in [9.17, 15) is 9.90 Å². The highest BCUT2D eigenvalue weighted by Gasteiger charge is 2.48. The van der Waals surface area contributed by atoms with Crippen molar-refractivity contribution in [1.82, 2.24) is 5.32 Å². The Morgan fingerprint density at radius 2 is 2.00 bits per heavy atom. The maximum atomic E-state index is 12.5. The van der Waals surface area contributed by atoms with Gasteiger partial charge in [-0.2, -0.15) is 0 Å². The Labute approximate surface area is 117 Å². The van der Waals surface area contributed by atoms with Crippen molar-refractivity contribution in [3.63, 3.8) is 0 Å². The first-order chi connectivity index (χ1) is 9.08. The zero-order valence-corrected chi connectivity index (χ0v) is 12.6. The fraction of sp³-hybridized carbons (Fsp3) is 0.938. The number of hydrogen-bond donors (Lipinski definition) is 2. The first-order valence-corrected chi connectivity index (χ1v) is 7.99. The van der Waals surface area contributed by atoms with Crippen molar-refractivity contribution in [3.8, 4) is 0 Å². The van der Waals surface area contributed by atoms with Crippen molar-refractivity contribution < 1.29 is 9.90 Å². The molecule has 5 unspecified atom stereocenters. The van der Waals surface area contributed by atoms with Crippen molar-refractivity contribution in [1.29, 1.82) is 0 Å². The van der Waals surface area contributed by atoms with E-state index in [4.69, 9.17) is 0 Å². The predicted octanol–water partition coefficient (Wildman–Crippen LogP) is 2.58. The monoisotopic (exact) mass is 267 g/mol. The fourth-order valence-electron chi connectivity index (χ4n) is 4.25. The zero-order chi connectivity index (χ0) is 14.0. The molecule has 0 aromatic rings. The summed E-state index contributed by atoms with van der Waals surface area (Å²) >= 11 is 0. The number of amides is 1. The summed E-state index contributed by atoms with van der Waals surface area (Å²) in [4.78, 5) is 12.5. The van der Waals surface area contributed by atoms with Crippen molar-refractivity contribution in [3.05, 3.63) is 0 Å². The van der Waals surface area contributed by atoms with E-state index in [0.717, 1.165) is 12.8 Å². The van der Waals surface area contributed by atoms with Gasteiger partial charge in [0.1, 0.15) is 0 Å². The molecule has 2 rings (SSSR count). The lowest BCUT2D eigenvalue weighted by atomic mass is 9.83. The lowest BCUT2D eigenvalue weighted by Gasteiger charge is -2.32. The molecule has 0 aliphatic heterocycles. The number of fused-ring (bicyclic) bond motifs is 2. The van der Waals surface area contributed by atoms with Crippen LogP contribution in [-0.2, 0) is 4.79 Å². The van der Waals surface area contributed by atoms with Crippen LogP contribution < -0.4 is 5.32 Å².